The van der Waals surface area contributed by atoms with Gasteiger partial charge in [-0.05, 0) is 0 Å². The van der Waals surface area contributed by atoms with Gasteiger partial charge in [0.2, 0.25) is 0 Å². The van der Waals surface area contributed by atoms with Crippen LogP contribution in [0.3, 0.4) is 0 Å². The quantitative estimate of drug-likeness (QED) is 0.417. The fourth-order valence-electron chi connectivity index (χ4n) is 0. The summed E-state index contributed by atoms with van der Waals surface area (Å²) in [6, 6.07) is 0. The van der Waals surface area contributed by atoms with Crippen molar-refractivity contribution >= 4 is 53.8 Å². The molecule has 0 N–H and O–H groups in total. The van der Waals surface area contributed by atoms with Crippen LogP contribution in [0.4, 0.5) is 0 Å². The molecule has 24 valence electrons. The van der Waals surface area contributed by atoms with Crippen molar-refractivity contribution in [3.05, 3.63) is 0 Å². The van der Waals surface area contributed by atoms with E-state index in [2.05, 4.69) is 0 Å². The van der Waals surface area contributed by atoms with Crippen molar-refractivity contribution in [2.75, 3.05) is 0 Å². The first kappa shape index (κ1) is 16.0. The molecule has 2 radical (unpaired) electrons. The Hall–Kier alpha value is 2.55. The van der Waals surface area contributed by atoms with E-state index in [9.17, 15) is 0 Å². The maximum absolute atomic E-state index is 1.49. The average Bonchev–Trinajstić information content (AvgIpc) is 1.00. The maximum Gasteiger partial charge on any atom is 0 e. The molecule has 4 heteroatoms. The van der Waals surface area contributed by atoms with E-state index in [1.807, 2.05) is 0 Å². The van der Waals surface area contributed by atoms with Crippen molar-refractivity contribution in [1.29, 1.82) is 0 Å². The van der Waals surface area contributed by atoms with Gasteiger partial charge in [-0.25, -0.2) is 0 Å². The van der Waals surface area contributed by atoms with Gasteiger partial charge in [-0.3, -0.25) is 0 Å². The van der Waals surface area contributed by atoms with Crippen molar-refractivity contribution < 1.29 is 21.7 Å². The molecule has 0 heterocycles. The molecule has 0 saturated heterocycles. The summed E-state index contributed by atoms with van der Waals surface area (Å²) in [4.78, 5) is 0. The molecule has 0 aromatic carbocycles. The summed E-state index contributed by atoms with van der Waals surface area (Å²) in [5.41, 5.74) is 0. The molecule has 0 bridgehead atoms. The number of rotatable bonds is 0. The van der Waals surface area contributed by atoms with Gasteiger partial charge in [-0.15, -0.1) is 0 Å². The fourth-order valence-corrected chi connectivity index (χ4v) is 0. The van der Waals surface area contributed by atoms with Gasteiger partial charge in [-0.1, -0.05) is 0 Å². The van der Waals surface area contributed by atoms with E-state index < -0.39 is 0 Å². The van der Waals surface area contributed by atoms with Crippen molar-refractivity contribution in [2.24, 2.45) is 0 Å². The molecule has 0 nitrogen and oxygen atoms in total. The molecular weight excluding hydrogens is 316 g/mol. The third-order valence-corrected chi connectivity index (χ3v) is 0. The number of hydrogen-bond donors (Lipinski definition) is 0. The second kappa shape index (κ2) is 17.7. The van der Waals surface area contributed by atoms with Gasteiger partial charge in [0.25, 0.3) is 0 Å². The first-order valence-corrected chi connectivity index (χ1v) is 11.6. The van der Waals surface area contributed by atoms with Crippen LogP contribution in [0.15, 0.2) is 0 Å². The Labute approximate surface area is 74.3 Å². The molecule has 0 amide bonds. The van der Waals surface area contributed by atoms with Crippen LogP contribution in [0.1, 0.15) is 0 Å². The maximum atomic E-state index is 1.49. The van der Waals surface area contributed by atoms with Gasteiger partial charge < -0.3 is 0 Å². The topological polar surface area (TPSA) is 0 Å². The normalized spacial score (nSPS) is 2.25. The Bertz CT molecular complexity index is 8.00. The largest absolute Gasteiger partial charge is 0 e. The Kier molecular flexibility index (Phi) is 70.8. The van der Waals surface area contributed by atoms with Crippen molar-refractivity contribution in [1.82, 2.24) is 0 Å². The van der Waals surface area contributed by atoms with Crippen LogP contribution < -0.4 is 0 Å². The van der Waals surface area contributed by atoms with Crippen LogP contribution in [-0.2, 0) is 21.7 Å². The average molecular weight is 323 g/mol. The Morgan fingerprint density at radius 1 is 1.25 bits per heavy atom. The molecule has 0 aromatic heterocycles. The molecule has 0 spiro atoms. The second-order valence-electron chi connectivity index (χ2n) is 0. The third-order valence-electron chi connectivity index (χ3n) is 0. The van der Waals surface area contributed by atoms with Crippen LogP contribution in [0.2, 0.25) is 0 Å². The Morgan fingerprint density at radius 3 is 1.25 bits per heavy atom. The summed E-state index contributed by atoms with van der Waals surface area (Å²) < 4.78 is 0. The molecule has 0 fully saturated rings. The zero-order chi connectivity index (χ0) is 2.00. The molecule has 0 aliphatic carbocycles. The Balaban J connectivity index is -0.00000000500. The minimum Gasteiger partial charge on any atom is 0 e. The second-order valence-corrected chi connectivity index (χ2v) is 0. The first-order chi connectivity index (χ1) is 1.00. The smallest absolute Gasteiger partial charge is 0 e. The van der Waals surface area contributed by atoms with E-state index in [1.165, 1.54) is 29.9 Å². The summed E-state index contributed by atoms with van der Waals surface area (Å²) in [6.07, 6.45) is 0. The van der Waals surface area contributed by atoms with E-state index in [-0.39, 0.29) is 45.6 Å². The predicted molar refractivity (Wildman–Crippen MR) is 27.0 cm³/mol. The first-order valence-electron chi connectivity index (χ1n) is 0.577. The van der Waals surface area contributed by atoms with Crippen LogP contribution in [-0.4, -0.2) is 53.8 Å². The van der Waals surface area contributed by atoms with E-state index in [1.54, 1.807) is 0 Å². The molecular formula is H7SbSiSnTi. The Morgan fingerprint density at radius 2 is 1.25 bits per heavy atom. The molecule has 0 atom stereocenters. The zero-order valence-electron chi connectivity index (χ0n) is 2.78. The minimum atomic E-state index is 0. The fraction of sp³-hybridized carbons (Fsp3) is 0. The van der Waals surface area contributed by atoms with E-state index >= 15 is 0 Å². The van der Waals surface area contributed by atoms with Gasteiger partial charge in [0, 0.05) is 21.7 Å². The SMILES string of the molecule is [SiH3][SbH2].[SnH2].[Ti]. The van der Waals surface area contributed by atoms with Gasteiger partial charge in [0.15, 0.2) is 0 Å². The number of hydrogen-bond acceptors (Lipinski definition) is 0. The van der Waals surface area contributed by atoms with Crippen molar-refractivity contribution in [2.45, 2.75) is 0 Å². The summed E-state index contributed by atoms with van der Waals surface area (Å²) in [7, 11) is 1.44. The van der Waals surface area contributed by atoms with Crippen molar-refractivity contribution in [3.63, 3.8) is 0 Å². The van der Waals surface area contributed by atoms with Gasteiger partial charge in [0.05, 0.1) is 0 Å². The summed E-state index contributed by atoms with van der Waals surface area (Å²) in [5, 5.41) is 0. The van der Waals surface area contributed by atoms with Crippen LogP contribution >= 0.6 is 0 Å². The van der Waals surface area contributed by atoms with Crippen LogP contribution in [0, 0.1) is 0 Å². The van der Waals surface area contributed by atoms with Gasteiger partial charge >= 0.3 is 53.8 Å². The molecule has 0 unspecified atom stereocenters. The summed E-state index contributed by atoms with van der Waals surface area (Å²) >= 11 is 1.49. The molecule has 4 heavy (non-hydrogen) atoms. The summed E-state index contributed by atoms with van der Waals surface area (Å²) in [6.45, 7) is 0. The van der Waals surface area contributed by atoms with Crippen LogP contribution in [0.25, 0.3) is 0 Å². The van der Waals surface area contributed by atoms with Gasteiger partial charge in [0.1, 0.15) is 0 Å². The van der Waals surface area contributed by atoms with Crippen LogP contribution in [0.5, 0.6) is 0 Å². The molecule has 0 aliphatic heterocycles. The van der Waals surface area contributed by atoms with Gasteiger partial charge in [-0.2, -0.15) is 0 Å². The summed E-state index contributed by atoms with van der Waals surface area (Å²) in [5.74, 6) is 0. The third kappa shape index (κ3) is 8.82. The minimum absolute atomic E-state index is 0. The monoisotopic (exact) mass is 324 g/mol. The standard InChI is InChI=1S/Sb.H3Si.Sn.Ti.4H/h;1H3;;;;;;. The zero-order valence-corrected chi connectivity index (χ0v) is 13.7. The molecule has 0 saturated carbocycles. The van der Waals surface area contributed by atoms with E-state index in [0.717, 1.165) is 0 Å². The predicted octanol–water partition coefficient (Wildman–Crippen LogP) is -3.02. The molecule has 0 aromatic rings. The van der Waals surface area contributed by atoms with E-state index in [0.29, 0.717) is 0 Å². The molecule has 0 rings (SSSR count). The van der Waals surface area contributed by atoms with Crippen molar-refractivity contribution in [3.8, 4) is 0 Å². The van der Waals surface area contributed by atoms with E-state index in [4.69, 9.17) is 0 Å². The molecule has 0 aliphatic rings.